The van der Waals surface area contributed by atoms with E-state index in [0.29, 0.717) is 40.5 Å². The molecular weight excluding hydrogens is 763 g/mol. The Morgan fingerprint density at radius 2 is 0.613 bits per heavy atom. The molecular formula is C55H35N5O2. The van der Waals surface area contributed by atoms with Gasteiger partial charge >= 0.3 is 0 Å². The first-order valence-corrected chi connectivity index (χ1v) is 20.4. The fraction of sp³-hybridized carbons (Fsp3) is 0. The lowest BCUT2D eigenvalue weighted by Gasteiger charge is -2.24. The predicted molar refractivity (Wildman–Crippen MR) is 245 cm³/mol. The Bertz CT molecular complexity index is 3120. The number of ether oxygens (including phenoxy) is 2. The Hall–Kier alpha value is -8.55. The van der Waals surface area contributed by atoms with Crippen LogP contribution in [0.4, 0.5) is 0 Å². The van der Waals surface area contributed by atoms with Crippen molar-refractivity contribution in [2.75, 3.05) is 0 Å². The van der Waals surface area contributed by atoms with E-state index in [2.05, 4.69) is 113 Å². The molecule has 0 spiro atoms. The molecule has 0 radical (unpaired) electrons. The zero-order chi connectivity index (χ0) is 41.2. The molecule has 1 aliphatic rings. The summed E-state index contributed by atoms with van der Waals surface area (Å²) in [6.45, 7) is 0. The van der Waals surface area contributed by atoms with Crippen molar-refractivity contribution in [1.29, 1.82) is 0 Å². The Morgan fingerprint density at radius 3 is 1.06 bits per heavy atom. The smallest absolute Gasteiger partial charge is 0.170 e. The SMILES string of the molecule is c1ccc(-c2nc(-c3ccccc3)nc(-c3ccc(-c4ccc5c(c4)Oc4cc(-c6ccc(-c7cccnc7)cc6)c(-c6ccc(-c7cccnc7)cc6)cc4O5)cc3)n2)cc1. The largest absolute Gasteiger partial charge is 0.449 e. The summed E-state index contributed by atoms with van der Waals surface area (Å²) in [5.74, 6) is 4.45. The Balaban J connectivity index is 0.919. The summed E-state index contributed by atoms with van der Waals surface area (Å²) in [5, 5.41) is 0. The monoisotopic (exact) mass is 797 g/mol. The van der Waals surface area contributed by atoms with Crippen LogP contribution in [-0.4, -0.2) is 24.9 Å². The molecule has 0 bridgehead atoms. The van der Waals surface area contributed by atoms with Gasteiger partial charge < -0.3 is 9.47 Å². The zero-order valence-electron chi connectivity index (χ0n) is 33.3. The van der Waals surface area contributed by atoms with Crippen LogP contribution in [-0.2, 0) is 0 Å². The van der Waals surface area contributed by atoms with E-state index in [-0.39, 0.29) is 0 Å². The fourth-order valence-corrected chi connectivity index (χ4v) is 7.79. The highest BCUT2D eigenvalue weighted by atomic mass is 16.6. The van der Waals surface area contributed by atoms with Gasteiger partial charge in [0.1, 0.15) is 0 Å². The number of rotatable bonds is 8. The van der Waals surface area contributed by atoms with Gasteiger partial charge in [-0.05, 0) is 92.0 Å². The van der Waals surface area contributed by atoms with E-state index >= 15 is 0 Å². The summed E-state index contributed by atoms with van der Waals surface area (Å²) in [6.07, 6.45) is 7.34. The maximum absolute atomic E-state index is 6.70. The van der Waals surface area contributed by atoms with Crippen molar-refractivity contribution in [3.05, 3.63) is 213 Å². The topological polar surface area (TPSA) is 82.9 Å². The van der Waals surface area contributed by atoms with Crippen molar-refractivity contribution in [3.63, 3.8) is 0 Å². The van der Waals surface area contributed by atoms with E-state index in [9.17, 15) is 0 Å². The molecule has 0 unspecified atom stereocenters. The molecule has 0 atom stereocenters. The molecule has 0 aliphatic carbocycles. The molecule has 62 heavy (non-hydrogen) atoms. The summed E-state index contributed by atoms with van der Waals surface area (Å²) in [6, 6.07) is 63.7. The molecule has 0 amide bonds. The van der Waals surface area contributed by atoms with Gasteiger partial charge in [0.2, 0.25) is 0 Å². The van der Waals surface area contributed by atoms with Gasteiger partial charge in [-0.25, -0.2) is 15.0 Å². The van der Waals surface area contributed by atoms with Crippen LogP contribution in [0.1, 0.15) is 0 Å². The van der Waals surface area contributed by atoms with Gasteiger partial charge in [0.05, 0.1) is 0 Å². The number of hydrogen-bond donors (Lipinski definition) is 0. The minimum atomic E-state index is 0.606. The molecule has 7 aromatic carbocycles. The van der Waals surface area contributed by atoms with Crippen molar-refractivity contribution in [3.8, 4) is 113 Å². The number of pyridine rings is 2. The Morgan fingerprint density at radius 1 is 0.258 bits per heavy atom. The first-order valence-electron chi connectivity index (χ1n) is 20.4. The molecule has 292 valence electrons. The summed E-state index contributed by atoms with van der Waals surface area (Å²) >= 11 is 0. The molecule has 7 heteroatoms. The molecule has 0 saturated carbocycles. The predicted octanol–water partition coefficient (Wildman–Crippen LogP) is 13.9. The second-order valence-electron chi connectivity index (χ2n) is 15.0. The Labute approximate surface area is 358 Å². The Kier molecular flexibility index (Phi) is 9.37. The van der Waals surface area contributed by atoms with Crippen LogP contribution in [0, 0.1) is 0 Å². The second kappa shape index (κ2) is 15.9. The first kappa shape index (κ1) is 36.5. The third-order valence-electron chi connectivity index (χ3n) is 11.0. The van der Waals surface area contributed by atoms with Gasteiger partial charge in [0, 0.05) is 41.5 Å². The van der Waals surface area contributed by atoms with Gasteiger partial charge in [-0.3, -0.25) is 9.97 Å². The molecule has 11 rings (SSSR count). The van der Waals surface area contributed by atoms with Gasteiger partial charge in [-0.15, -0.1) is 0 Å². The van der Waals surface area contributed by atoms with Crippen LogP contribution in [0.15, 0.2) is 213 Å². The van der Waals surface area contributed by atoms with Crippen molar-refractivity contribution in [2.24, 2.45) is 0 Å². The van der Waals surface area contributed by atoms with Gasteiger partial charge in [-0.1, -0.05) is 152 Å². The third kappa shape index (κ3) is 7.24. The highest BCUT2D eigenvalue weighted by molar-refractivity contribution is 5.88. The highest BCUT2D eigenvalue weighted by Crippen LogP contribution is 2.50. The minimum Gasteiger partial charge on any atom is -0.449 e. The fourth-order valence-electron chi connectivity index (χ4n) is 7.79. The number of fused-ring (bicyclic) bond motifs is 2. The molecule has 0 saturated heterocycles. The van der Waals surface area contributed by atoms with E-state index in [1.165, 1.54) is 0 Å². The van der Waals surface area contributed by atoms with Gasteiger partial charge in [0.25, 0.3) is 0 Å². The van der Waals surface area contributed by atoms with Gasteiger partial charge in [-0.2, -0.15) is 0 Å². The van der Waals surface area contributed by atoms with E-state index in [1.807, 2.05) is 97.3 Å². The third-order valence-corrected chi connectivity index (χ3v) is 11.0. The van der Waals surface area contributed by atoms with E-state index in [1.54, 1.807) is 12.4 Å². The van der Waals surface area contributed by atoms with Crippen LogP contribution in [0.5, 0.6) is 23.0 Å². The molecule has 10 aromatic rings. The second-order valence-corrected chi connectivity index (χ2v) is 15.0. The molecule has 7 nitrogen and oxygen atoms in total. The van der Waals surface area contributed by atoms with Crippen LogP contribution in [0.3, 0.4) is 0 Å². The number of benzene rings is 7. The first-order chi connectivity index (χ1) is 30.7. The van der Waals surface area contributed by atoms with Crippen molar-refractivity contribution in [2.45, 2.75) is 0 Å². The van der Waals surface area contributed by atoms with E-state index in [0.717, 1.165) is 72.3 Å². The lowest BCUT2D eigenvalue weighted by molar-refractivity contribution is 0.360. The average Bonchev–Trinajstić information content (AvgIpc) is 3.36. The average molecular weight is 798 g/mol. The quantitative estimate of drug-likeness (QED) is 0.151. The lowest BCUT2D eigenvalue weighted by Crippen LogP contribution is -2.01. The summed E-state index contributed by atoms with van der Waals surface area (Å²) < 4.78 is 13.3. The molecule has 4 heterocycles. The van der Waals surface area contributed by atoms with E-state index < -0.39 is 0 Å². The molecule has 0 fully saturated rings. The van der Waals surface area contributed by atoms with Gasteiger partial charge in [0.15, 0.2) is 40.5 Å². The normalized spacial score (nSPS) is 11.5. The maximum atomic E-state index is 6.70. The van der Waals surface area contributed by atoms with E-state index in [4.69, 9.17) is 24.4 Å². The summed E-state index contributed by atoms with van der Waals surface area (Å²) in [5.41, 5.74) is 13.3. The number of aromatic nitrogens is 5. The van der Waals surface area contributed by atoms with Crippen LogP contribution in [0.25, 0.3) is 89.8 Å². The van der Waals surface area contributed by atoms with Crippen molar-refractivity contribution >= 4 is 0 Å². The van der Waals surface area contributed by atoms with Crippen LogP contribution in [0.2, 0.25) is 0 Å². The van der Waals surface area contributed by atoms with Crippen LogP contribution < -0.4 is 9.47 Å². The maximum Gasteiger partial charge on any atom is 0.170 e. The summed E-state index contributed by atoms with van der Waals surface area (Å²) in [7, 11) is 0. The number of hydrogen-bond acceptors (Lipinski definition) is 7. The molecule has 0 N–H and O–H groups in total. The molecule has 1 aliphatic heterocycles. The zero-order valence-corrected chi connectivity index (χ0v) is 33.3. The minimum absolute atomic E-state index is 0.606. The summed E-state index contributed by atoms with van der Waals surface area (Å²) in [4.78, 5) is 23.3. The lowest BCUT2D eigenvalue weighted by atomic mass is 9.92. The standard InChI is InChI=1S/C55H35N5O2/c1-3-9-41(10-4-1)53-58-54(42-11-5-2-6-12-42)60-55(59-53)43-25-19-36(20-26-43)44-27-28-49-50(31-44)62-52-33-48(40-23-17-38(18-24-40)46-14-8-30-57-35-46)47(32-51(52)61-49)39-21-15-37(16-22-39)45-13-7-29-56-34-45/h1-35H. The van der Waals surface area contributed by atoms with Crippen molar-refractivity contribution in [1.82, 2.24) is 24.9 Å². The van der Waals surface area contributed by atoms with Crippen LogP contribution >= 0.6 is 0 Å². The molecule has 3 aromatic heterocycles. The number of nitrogens with zero attached hydrogens (tertiary/aromatic N) is 5. The highest BCUT2D eigenvalue weighted by Gasteiger charge is 2.23. The van der Waals surface area contributed by atoms with Crippen molar-refractivity contribution < 1.29 is 9.47 Å².